The van der Waals surface area contributed by atoms with Gasteiger partial charge < -0.3 is 5.11 Å². The Labute approximate surface area is 107 Å². The van der Waals surface area contributed by atoms with E-state index in [0.29, 0.717) is 11.8 Å². The predicted octanol–water partition coefficient (Wildman–Crippen LogP) is 3.66. The highest BCUT2D eigenvalue weighted by atomic mass is 16.3. The number of aldehydes is 1. The van der Waals surface area contributed by atoms with Gasteiger partial charge >= 0.3 is 0 Å². The Balaban J connectivity index is 2.51. The number of hydrogen-bond donors (Lipinski definition) is 1. The molecule has 2 heteroatoms. The van der Waals surface area contributed by atoms with Crippen LogP contribution in [0.2, 0.25) is 0 Å². The van der Waals surface area contributed by atoms with Gasteiger partial charge in [0, 0.05) is 11.5 Å². The Morgan fingerprint density at radius 1 is 1.17 bits per heavy atom. The van der Waals surface area contributed by atoms with Crippen LogP contribution in [0.15, 0.2) is 42.5 Å². The topological polar surface area (TPSA) is 37.3 Å². The molecule has 0 amide bonds. The number of phenols is 1. The number of aryl methyl sites for hydroxylation is 1. The number of hydrogen-bond acceptors (Lipinski definition) is 2. The van der Waals surface area contributed by atoms with Gasteiger partial charge in [0.05, 0.1) is 5.56 Å². The molecule has 0 bridgehead atoms. The maximum atomic E-state index is 10.9. The molecule has 0 spiro atoms. The van der Waals surface area contributed by atoms with Crippen LogP contribution < -0.4 is 0 Å². The van der Waals surface area contributed by atoms with Gasteiger partial charge in [-0.05, 0) is 24.1 Å². The Hall–Kier alpha value is -2.09. The fraction of sp³-hybridized carbons (Fsp3) is 0.188. The fourth-order valence-corrected chi connectivity index (χ4v) is 2.18. The van der Waals surface area contributed by atoms with Crippen molar-refractivity contribution in [2.24, 2.45) is 0 Å². The van der Waals surface area contributed by atoms with Crippen molar-refractivity contribution in [1.82, 2.24) is 0 Å². The standard InChI is InChI=1S/C16H16O2/c1-11-8-14(10-17)16(18)15(9-11)12(2)13-6-4-3-5-7-13/h3-10,12,18H,1-2H3. The molecule has 0 heterocycles. The minimum Gasteiger partial charge on any atom is -0.507 e. The highest BCUT2D eigenvalue weighted by Gasteiger charge is 2.15. The number of carbonyl (C=O) groups excluding carboxylic acids is 1. The number of benzene rings is 2. The summed E-state index contributed by atoms with van der Waals surface area (Å²) < 4.78 is 0. The molecule has 0 aliphatic heterocycles. The summed E-state index contributed by atoms with van der Waals surface area (Å²) in [5.41, 5.74) is 3.25. The molecule has 2 rings (SSSR count). The molecule has 0 radical (unpaired) electrons. The summed E-state index contributed by atoms with van der Waals surface area (Å²) in [6.45, 7) is 3.95. The summed E-state index contributed by atoms with van der Waals surface area (Å²) >= 11 is 0. The average Bonchev–Trinajstić information content (AvgIpc) is 2.41. The van der Waals surface area contributed by atoms with Gasteiger partial charge in [-0.1, -0.05) is 43.3 Å². The Bertz CT molecular complexity index is 559. The van der Waals surface area contributed by atoms with Gasteiger partial charge in [-0.15, -0.1) is 0 Å². The first-order chi connectivity index (χ1) is 8.63. The first kappa shape index (κ1) is 12.4. The minimum absolute atomic E-state index is 0.0600. The van der Waals surface area contributed by atoms with Crippen molar-refractivity contribution in [1.29, 1.82) is 0 Å². The van der Waals surface area contributed by atoms with Crippen molar-refractivity contribution >= 4 is 6.29 Å². The molecular formula is C16H16O2. The summed E-state index contributed by atoms with van der Waals surface area (Å²) in [7, 11) is 0. The van der Waals surface area contributed by atoms with E-state index in [4.69, 9.17) is 0 Å². The van der Waals surface area contributed by atoms with Crippen molar-refractivity contribution in [3.8, 4) is 5.75 Å². The Morgan fingerprint density at radius 2 is 1.83 bits per heavy atom. The van der Waals surface area contributed by atoms with Gasteiger partial charge in [0.15, 0.2) is 6.29 Å². The molecule has 0 saturated carbocycles. The first-order valence-corrected chi connectivity index (χ1v) is 5.97. The van der Waals surface area contributed by atoms with Crippen LogP contribution in [0.5, 0.6) is 5.75 Å². The van der Waals surface area contributed by atoms with Gasteiger partial charge in [-0.2, -0.15) is 0 Å². The van der Waals surface area contributed by atoms with Crippen molar-refractivity contribution in [2.45, 2.75) is 19.8 Å². The lowest BCUT2D eigenvalue weighted by molar-refractivity contribution is 0.112. The zero-order chi connectivity index (χ0) is 13.1. The molecule has 92 valence electrons. The van der Waals surface area contributed by atoms with Crippen LogP contribution >= 0.6 is 0 Å². The predicted molar refractivity (Wildman–Crippen MR) is 72.2 cm³/mol. The maximum Gasteiger partial charge on any atom is 0.153 e. The monoisotopic (exact) mass is 240 g/mol. The molecule has 0 saturated heterocycles. The number of carbonyl (C=O) groups is 1. The summed E-state index contributed by atoms with van der Waals surface area (Å²) in [4.78, 5) is 10.9. The van der Waals surface area contributed by atoms with Crippen LogP contribution in [-0.2, 0) is 0 Å². The highest BCUT2D eigenvalue weighted by molar-refractivity contribution is 5.80. The van der Waals surface area contributed by atoms with Crippen LogP contribution in [0.4, 0.5) is 0 Å². The van der Waals surface area contributed by atoms with Crippen LogP contribution in [0.1, 0.15) is 39.9 Å². The van der Waals surface area contributed by atoms with Crippen LogP contribution in [-0.4, -0.2) is 11.4 Å². The van der Waals surface area contributed by atoms with E-state index in [9.17, 15) is 9.90 Å². The normalized spacial score (nSPS) is 12.1. The molecule has 18 heavy (non-hydrogen) atoms. The Kier molecular flexibility index (Phi) is 3.47. The van der Waals surface area contributed by atoms with Gasteiger partial charge in [0.1, 0.15) is 5.75 Å². The second-order valence-electron chi connectivity index (χ2n) is 4.54. The third kappa shape index (κ3) is 2.28. The van der Waals surface area contributed by atoms with Crippen molar-refractivity contribution in [3.63, 3.8) is 0 Å². The van der Waals surface area contributed by atoms with E-state index in [1.54, 1.807) is 6.07 Å². The lowest BCUT2D eigenvalue weighted by Gasteiger charge is -2.16. The van der Waals surface area contributed by atoms with Crippen molar-refractivity contribution < 1.29 is 9.90 Å². The number of phenolic OH excluding ortho intramolecular Hbond substituents is 1. The summed E-state index contributed by atoms with van der Waals surface area (Å²) in [6.07, 6.45) is 0.698. The third-order valence-corrected chi connectivity index (χ3v) is 3.21. The average molecular weight is 240 g/mol. The van der Waals surface area contributed by atoms with E-state index >= 15 is 0 Å². The summed E-state index contributed by atoms with van der Waals surface area (Å²) in [5, 5.41) is 10.1. The van der Waals surface area contributed by atoms with E-state index in [0.717, 1.165) is 16.7 Å². The molecule has 0 fully saturated rings. The van der Waals surface area contributed by atoms with Crippen LogP contribution in [0.25, 0.3) is 0 Å². The van der Waals surface area contributed by atoms with E-state index < -0.39 is 0 Å². The van der Waals surface area contributed by atoms with E-state index in [1.807, 2.05) is 50.2 Å². The zero-order valence-corrected chi connectivity index (χ0v) is 10.6. The largest absolute Gasteiger partial charge is 0.507 e. The minimum atomic E-state index is 0.0600. The first-order valence-electron chi connectivity index (χ1n) is 5.97. The molecule has 2 aromatic carbocycles. The molecule has 0 aliphatic rings. The second-order valence-corrected chi connectivity index (χ2v) is 4.54. The molecule has 0 aromatic heterocycles. The summed E-state index contributed by atoms with van der Waals surface area (Å²) in [6, 6.07) is 13.6. The SMILES string of the molecule is Cc1cc(C=O)c(O)c(C(C)c2ccccc2)c1. The van der Waals surface area contributed by atoms with Crippen molar-refractivity contribution in [2.75, 3.05) is 0 Å². The number of aromatic hydroxyl groups is 1. The van der Waals surface area contributed by atoms with E-state index in [2.05, 4.69) is 0 Å². The third-order valence-electron chi connectivity index (χ3n) is 3.21. The van der Waals surface area contributed by atoms with Gasteiger partial charge in [-0.25, -0.2) is 0 Å². The lowest BCUT2D eigenvalue weighted by Crippen LogP contribution is -1.99. The van der Waals surface area contributed by atoms with Crippen LogP contribution in [0.3, 0.4) is 0 Å². The molecule has 1 N–H and O–H groups in total. The van der Waals surface area contributed by atoms with Gasteiger partial charge in [0.25, 0.3) is 0 Å². The molecule has 2 aromatic rings. The molecule has 0 aliphatic carbocycles. The molecule has 1 unspecified atom stereocenters. The Morgan fingerprint density at radius 3 is 2.44 bits per heavy atom. The smallest absolute Gasteiger partial charge is 0.153 e. The van der Waals surface area contributed by atoms with Crippen LogP contribution in [0, 0.1) is 6.92 Å². The van der Waals surface area contributed by atoms with Gasteiger partial charge in [-0.3, -0.25) is 4.79 Å². The fourth-order valence-electron chi connectivity index (χ4n) is 2.18. The highest BCUT2D eigenvalue weighted by Crippen LogP contribution is 2.33. The lowest BCUT2D eigenvalue weighted by atomic mass is 9.90. The molecule has 1 atom stereocenters. The quantitative estimate of drug-likeness (QED) is 0.831. The van der Waals surface area contributed by atoms with E-state index in [1.165, 1.54) is 0 Å². The summed E-state index contributed by atoms with van der Waals surface area (Å²) in [5.74, 6) is 0.150. The zero-order valence-electron chi connectivity index (χ0n) is 10.6. The van der Waals surface area contributed by atoms with E-state index in [-0.39, 0.29) is 11.7 Å². The second kappa shape index (κ2) is 5.05. The van der Waals surface area contributed by atoms with Crippen molar-refractivity contribution in [3.05, 3.63) is 64.7 Å². The molecular weight excluding hydrogens is 224 g/mol. The van der Waals surface area contributed by atoms with Gasteiger partial charge in [0.2, 0.25) is 0 Å². The molecule has 2 nitrogen and oxygen atoms in total. The maximum absolute atomic E-state index is 10.9. The number of rotatable bonds is 3.